The summed E-state index contributed by atoms with van der Waals surface area (Å²) < 4.78 is 0. The molecule has 15 heavy (non-hydrogen) atoms. The standard InChI is InChI=1S/C8H11N3O2.2ClH/c9-5-6-10-7-3-1-2-4-8(7)11(12)13;;/h1-4,10H,5-6,9H2;2*1H. The van der Waals surface area contributed by atoms with Crippen LogP contribution >= 0.6 is 24.8 Å². The number of nitro benzene ring substituents is 1. The topological polar surface area (TPSA) is 81.2 Å². The van der Waals surface area contributed by atoms with Crippen LogP contribution < -0.4 is 11.1 Å². The van der Waals surface area contributed by atoms with Crippen LogP contribution in [0.2, 0.25) is 0 Å². The smallest absolute Gasteiger partial charge is 0.292 e. The first kappa shape index (κ1) is 16.4. The van der Waals surface area contributed by atoms with Crippen LogP contribution in [0.5, 0.6) is 0 Å². The number of para-hydroxylation sites is 2. The van der Waals surface area contributed by atoms with Gasteiger partial charge in [-0.2, -0.15) is 0 Å². The fourth-order valence-corrected chi connectivity index (χ4v) is 0.989. The summed E-state index contributed by atoms with van der Waals surface area (Å²) in [5, 5.41) is 13.4. The molecule has 0 saturated carbocycles. The molecule has 1 aromatic rings. The van der Waals surface area contributed by atoms with Crippen molar-refractivity contribution in [2.24, 2.45) is 5.73 Å². The summed E-state index contributed by atoms with van der Waals surface area (Å²) in [7, 11) is 0. The van der Waals surface area contributed by atoms with Gasteiger partial charge in [-0.3, -0.25) is 10.1 Å². The largest absolute Gasteiger partial charge is 0.378 e. The SMILES string of the molecule is Cl.Cl.NCCNc1ccccc1[N+](=O)[O-]. The molecule has 5 nitrogen and oxygen atoms in total. The maximum absolute atomic E-state index is 10.5. The molecule has 0 spiro atoms. The Morgan fingerprint density at radius 2 is 1.93 bits per heavy atom. The summed E-state index contributed by atoms with van der Waals surface area (Å²) in [4.78, 5) is 10.1. The maximum Gasteiger partial charge on any atom is 0.292 e. The van der Waals surface area contributed by atoms with Gasteiger partial charge in [0.15, 0.2) is 0 Å². The van der Waals surface area contributed by atoms with Crippen LogP contribution in [-0.2, 0) is 0 Å². The zero-order valence-corrected chi connectivity index (χ0v) is 9.51. The van der Waals surface area contributed by atoms with Crippen LogP contribution in [0.1, 0.15) is 0 Å². The van der Waals surface area contributed by atoms with Crippen molar-refractivity contribution in [1.82, 2.24) is 0 Å². The monoisotopic (exact) mass is 253 g/mol. The van der Waals surface area contributed by atoms with Crippen LogP contribution in [0.3, 0.4) is 0 Å². The molecule has 7 heteroatoms. The van der Waals surface area contributed by atoms with Crippen LogP contribution in [0, 0.1) is 10.1 Å². The first-order valence-electron chi connectivity index (χ1n) is 3.93. The third-order valence-electron chi connectivity index (χ3n) is 1.56. The van der Waals surface area contributed by atoms with Crippen molar-refractivity contribution in [3.63, 3.8) is 0 Å². The molecule has 86 valence electrons. The summed E-state index contributed by atoms with van der Waals surface area (Å²) in [6, 6.07) is 6.49. The molecule has 0 aromatic heterocycles. The van der Waals surface area contributed by atoms with Crippen molar-refractivity contribution in [3.05, 3.63) is 34.4 Å². The highest BCUT2D eigenvalue weighted by atomic mass is 35.5. The molecule has 0 atom stereocenters. The van der Waals surface area contributed by atoms with Crippen molar-refractivity contribution < 1.29 is 4.92 Å². The number of hydrogen-bond acceptors (Lipinski definition) is 4. The van der Waals surface area contributed by atoms with Gasteiger partial charge in [-0.05, 0) is 6.07 Å². The first-order chi connectivity index (χ1) is 6.25. The molecule has 0 aliphatic rings. The van der Waals surface area contributed by atoms with E-state index in [0.29, 0.717) is 18.8 Å². The second-order valence-electron chi connectivity index (χ2n) is 2.49. The van der Waals surface area contributed by atoms with Crippen LogP contribution in [0.25, 0.3) is 0 Å². The zero-order valence-electron chi connectivity index (χ0n) is 7.88. The normalized spacial score (nSPS) is 8.33. The van der Waals surface area contributed by atoms with E-state index in [1.54, 1.807) is 18.2 Å². The first-order valence-corrected chi connectivity index (χ1v) is 3.93. The Bertz CT molecular complexity index is 310. The lowest BCUT2D eigenvalue weighted by molar-refractivity contribution is -0.384. The molecular formula is C8H13Cl2N3O2. The second kappa shape index (κ2) is 8.28. The van der Waals surface area contributed by atoms with Gasteiger partial charge in [-0.25, -0.2) is 0 Å². The van der Waals surface area contributed by atoms with E-state index in [1.807, 2.05) is 0 Å². The van der Waals surface area contributed by atoms with Gasteiger partial charge < -0.3 is 11.1 Å². The minimum Gasteiger partial charge on any atom is -0.378 e. The lowest BCUT2D eigenvalue weighted by Gasteiger charge is -2.04. The van der Waals surface area contributed by atoms with E-state index in [4.69, 9.17) is 5.73 Å². The fourth-order valence-electron chi connectivity index (χ4n) is 0.989. The van der Waals surface area contributed by atoms with Crippen molar-refractivity contribution >= 4 is 36.2 Å². The van der Waals surface area contributed by atoms with E-state index in [9.17, 15) is 10.1 Å². The van der Waals surface area contributed by atoms with E-state index in [-0.39, 0.29) is 30.5 Å². The Kier molecular flexibility index (Phi) is 9.05. The van der Waals surface area contributed by atoms with Crippen LogP contribution in [0.15, 0.2) is 24.3 Å². The molecule has 0 radical (unpaired) electrons. The number of benzene rings is 1. The molecule has 0 aliphatic carbocycles. The van der Waals surface area contributed by atoms with Crippen LogP contribution in [-0.4, -0.2) is 18.0 Å². The van der Waals surface area contributed by atoms with E-state index in [0.717, 1.165) is 0 Å². The van der Waals surface area contributed by atoms with Gasteiger partial charge in [0.1, 0.15) is 5.69 Å². The Morgan fingerprint density at radius 3 is 2.47 bits per heavy atom. The summed E-state index contributed by atoms with van der Waals surface area (Å²) in [6.45, 7) is 0.983. The van der Waals surface area contributed by atoms with Crippen molar-refractivity contribution in [2.75, 3.05) is 18.4 Å². The molecule has 0 unspecified atom stereocenters. The minimum atomic E-state index is -0.418. The van der Waals surface area contributed by atoms with E-state index < -0.39 is 4.92 Å². The second-order valence-corrected chi connectivity index (χ2v) is 2.49. The van der Waals surface area contributed by atoms with Gasteiger partial charge in [0, 0.05) is 19.2 Å². The van der Waals surface area contributed by atoms with Crippen molar-refractivity contribution in [2.45, 2.75) is 0 Å². The molecule has 3 N–H and O–H groups in total. The molecule has 0 aliphatic heterocycles. The zero-order chi connectivity index (χ0) is 9.68. The lowest BCUT2D eigenvalue weighted by atomic mass is 10.2. The minimum absolute atomic E-state index is 0. The Hall–Kier alpha value is -1.04. The summed E-state index contributed by atoms with van der Waals surface area (Å²) in [5.41, 5.74) is 5.86. The van der Waals surface area contributed by atoms with E-state index in [1.165, 1.54) is 6.07 Å². The molecule has 0 bridgehead atoms. The number of rotatable bonds is 4. The molecule has 0 saturated heterocycles. The van der Waals surface area contributed by atoms with Gasteiger partial charge in [0.2, 0.25) is 0 Å². The number of nitrogens with two attached hydrogens (primary N) is 1. The average molecular weight is 254 g/mol. The highest BCUT2D eigenvalue weighted by Crippen LogP contribution is 2.22. The predicted octanol–water partition coefficient (Wildman–Crippen LogP) is 1.81. The summed E-state index contributed by atoms with van der Waals surface area (Å²) in [6.07, 6.45) is 0. The molecule has 0 amide bonds. The number of nitro groups is 1. The number of anilines is 1. The van der Waals surface area contributed by atoms with Gasteiger partial charge in [-0.15, -0.1) is 24.8 Å². The highest BCUT2D eigenvalue weighted by molar-refractivity contribution is 5.85. The van der Waals surface area contributed by atoms with Gasteiger partial charge in [0.25, 0.3) is 5.69 Å². The third kappa shape index (κ3) is 4.83. The van der Waals surface area contributed by atoms with E-state index >= 15 is 0 Å². The molecule has 0 heterocycles. The molecule has 1 rings (SSSR count). The average Bonchev–Trinajstić information content (AvgIpc) is 2.15. The highest BCUT2D eigenvalue weighted by Gasteiger charge is 2.10. The Morgan fingerprint density at radius 1 is 1.33 bits per heavy atom. The van der Waals surface area contributed by atoms with Gasteiger partial charge >= 0.3 is 0 Å². The van der Waals surface area contributed by atoms with Gasteiger partial charge in [-0.1, -0.05) is 12.1 Å². The number of nitrogens with zero attached hydrogens (tertiary/aromatic N) is 1. The number of nitrogens with one attached hydrogen (secondary N) is 1. The lowest BCUT2D eigenvalue weighted by Crippen LogP contribution is -2.13. The predicted molar refractivity (Wildman–Crippen MR) is 65.1 cm³/mol. The van der Waals surface area contributed by atoms with E-state index in [2.05, 4.69) is 5.32 Å². The fraction of sp³-hybridized carbons (Fsp3) is 0.250. The number of halogens is 2. The molecule has 0 fully saturated rings. The maximum atomic E-state index is 10.5. The number of hydrogen-bond donors (Lipinski definition) is 2. The van der Waals surface area contributed by atoms with Crippen molar-refractivity contribution in [1.29, 1.82) is 0 Å². The molecule has 1 aromatic carbocycles. The Labute approximate surface area is 100 Å². The molecular weight excluding hydrogens is 241 g/mol. The Balaban J connectivity index is 0. The van der Waals surface area contributed by atoms with Crippen molar-refractivity contribution in [3.8, 4) is 0 Å². The summed E-state index contributed by atoms with van der Waals surface area (Å²) >= 11 is 0. The third-order valence-corrected chi connectivity index (χ3v) is 1.56. The van der Waals surface area contributed by atoms with Crippen LogP contribution in [0.4, 0.5) is 11.4 Å². The van der Waals surface area contributed by atoms with Gasteiger partial charge in [0.05, 0.1) is 4.92 Å². The summed E-state index contributed by atoms with van der Waals surface area (Å²) in [5.74, 6) is 0. The quantitative estimate of drug-likeness (QED) is 0.634.